The summed E-state index contributed by atoms with van der Waals surface area (Å²) in [6.07, 6.45) is 0.648. The molecular formula is C12H16N2O3. The fourth-order valence-corrected chi connectivity index (χ4v) is 1.91. The average Bonchev–Trinajstić information content (AvgIpc) is 2.33. The molecule has 1 fully saturated rings. The van der Waals surface area contributed by atoms with E-state index in [1.807, 2.05) is 0 Å². The number of para-hydroxylation sites is 2. The first-order valence-corrected chi connectivity index (χ1v) is 5.62. The van der Waals surface area contributed by atoms with Crippen molar-refractivity contribution in [2.75, 3.05) is 24.6 Å². The lowest BCUT2D eigenvalue weighted by molar-refractivity contribution is -0.129. The molecule has 0 radical (unpaired) electrons. The van der Waals surface area contributed by atoms with Crippen LogP contribution in [0.15, 0.2) is 24.3 Å². The van der Waals surface area contributed by atoms with Gasteiger partial charge in [0.25, 0.3) is 5.91 Å². The van der Waals surface area contributed by atoms with Crippen molar-refractivity contribution in [3.05, 3.63) is 24.3 Å². The first kappa shape index (κ1) is 11.9. The van der Waals surface area contributed by atoms with Gasteiger partial charge < -0.3 is 20.5 Å². The van der Waals surface area contributed by atoms with Gasteiger partial charge in [-0.25, -0.2) is 0 Å². The molecule has 2 rings (SSSR count). The second-order valence-corrected chi connectivity index (χ2v) is 4.00. The first-order valence-electron chi connectivity index (χ1n) is 5.62. The molecule has 3 N–H and O–H groups in total. The van der Waals surface area contributed by atoms with E-state index in [1.165, 1.54) is 0 Å². The SMILES string of the molecule is NCCC1CN(c2ccccc2O)C(=O)CO1. The lowest BCUT2D eigenvalue weighted by atomic mass is 10.1. The summed E-state index contributed by atoms with van der Waals surface area (Å²) in [7, 11) is 0. The van der Waals surface area contributed by atoms with Crippen molar-refractivity contribution in [2.45, 2.75) is 12.5 Å². The van der Waals surface area contributed by atoms with E-state index in [-0.39, 0.29) is 24.4 Å². The Morgan fingerprint density at radius 1 is 1.47 bits per heavy atom. The Morgan fingerprint density at radius 3 is 2.94 bits per heavy atom. The molecule has 1 unspecified atom stereocenters. The summed E-state index contributed by atoms with van der Waals surface area (Å²) in [4.78, 5) is 13.3. The van der Waals surface area contributed by atoms with E-state index >= 15 is 0 Å². The quantitative estimate of drug-likeness (QED) is 0.800. The van der Waals surface area contributed by atoms with Crippen molar-refractivity contribution in [1.82, 2.24) is 0 Å². The van der Waals surface area contributed by atoms with E-state index in [2.05, 4.69) is 0 Å². The highest BCUT2D eigenvalue weighted by Gasteiger charge is 2.28. The number of nitrogens with two attached hydrogens (primary N) is 1. The van der Waals surface area contributed by atoms with Gasteiger partial charge in [-0.1, -0.05) is 12.1 Å². The lowest BCUT2D eigenvalue weighted by Crippen LogP contribution is -2.47. The number of hydrogen-bond donors (Lipinski definition) is 2. The third kappa shape index (κ3) is 2.57. The molecule has 5 nitrogen and oxygen atoms in total. The summed E-state index contributed by atoms with van der Waals surface area (Å²) in [5.41, 5.74) is 6.01. The molecule has 0 saturated carbocycles. The number of carbonyl (C=O) groups excluding carboxylic acids is 1. The van der Waals surface area contributed by atoms with Crippen molar-refractivity contribution in [2.24, 2.45) is 5.73 Å². The summed E-state index contributed by atoms with van der Waals surface area (Å²) in [6.45, 7) is 1.00. The Morgan fingerprint density at radius 2 is 2.24 bits per heavy atom. The van der Waals surface area contributed by atoms with Gasteiger partial charge in [-0.15, -0.1) is 0 Å². The van der Waals surface area contributed by atoms with E-state index in [0.29, 0.717) is 25.2 Å². The highest BCUT2D eigenvalue weighted by molar-refractivity contribution is 5.96. The van der Waals surface area contributed by atoms with Crippen LogP contribution in [-0.2, 0) is 9.53 Å². The highest BCUT2D eigenvalue weighted by Crippen LogP contribution is 2.28. The summed E-state index contributed by atoms with van der Waals surface area (Å²) in [5, 5.41) is 9.74. The van der Waals surface area contributed by atoms with Gasteiger partial charge in [0.2, 0.25) is 0 Å². The van der Waals surface area contributed by atoms with Crippen LogP contribution >= 0.6 is 0 Å². The zero-order valence-corrected chi connectivity index (χ0v) is 9.50. The number of benzene rings is 1. The zero-order chi connectivity index (χ0) is 12.3. The molecule has 0 aromatic heterocycles. The standard InChI is InChI=1S/C12H16N2O3/c13-6-5-9-7-14(12(16)8-17-9)10-3-1-2-4-11(10)15/h1-4,9,15H,5-8,13H2. The van der Waals surface area contributed by atoms with Gasteiger partial charge in [-0.2, -0.15) is 0 Å². The van der Waals surface area contributed by atoms with Gasteiger partial charge in [0, 0.05) is 0 Å². The van der Waals surface area contributed by atoms with Gasteiger partial charge in [0.05, 0.1) is 18.3 Å². The molecule has 1 saturated heterocycles. The zero-order valence-electron chi connectivity index (χ0n) is 9.50. The molecule has 0 bridgehead atoms. The third-order valence-electron chi connectivity index (χ3n) is 2.79. The number of aromatic hydroxyl groups is 1. The molecule has 1 aromatic rings. The highest BCUT2D eigenvalue weighted by atomic mass is 16.5. The van der Waals surface area contributed by atoms with Crippen LogP contribution in [0.5, 0.6) is 5.75 Å². The molecule has 5 heteroatoms. The maximum atomic E-state index is 11.8. The molecule has 1 heterocycles. The minimum Gasteiger partial charge on any atom is -0.506 e. The van der Waals surface area contributed by atoms with Crippen molar-refractivity contribution < 1.29 is 14.6 Å². The number of phenols is 1. The molecular weight excluding hydrogens is 220 g/mol. The molecule has 1 atom stereocenters. The van der Waals surface area contributed by atoms with Crippen LogP contribution in [0.4, 0.5) is 5.69 Å². The van der Waals surface area contributed by atoms with Crippen molar-refractivity contribution in [1.29, 1.82) is 0 Å². The second kappa shape index (κ2) is 5.16. The normalized spacial score (nSPS) is 20.6. The summed E-state index contributed by atoms with van der Waals surface area (Å²) >= 11 is 0. The molecule has 1 amide bonds. The van der Waals surface area contributed by atoms with Crippen LogP contribution in [0.3, 0.4) is 0 Å². The van der Waals surface area contributed by atoms with Crippen LogP contribution in [0.2, 0.25) is 0 Å². The Balaban J connectivity index is 2.18. The smallest absolute Gasteiger partial charge is 0.253 e. The fraction of sp³-hybridized carbons (Fsp3) is 0.417. The second-order valence-electron chi connectivity index (χ2n) is 4.00. The van der Waals surface area contributed by atoms with Gasteiger partial charge in [0.15, 0.2) is 0 Å². The van der Waals surface area contributed by atoms with Crippen molar-refractivity contribution >= 4 is 11.6 Å². The van der Waals surface area contributed by atoms with E-state index in [1.54, 1.807) is 29.2 Å². The molecule has 0 spiro atoms. The predicted molar refractivity (Wildman–Crippen MR) is 63.9 cm³/mol. The minimum absolute atomic E-state index is 0.0407. The molecule has 92 valence electrons. The molecule has 1 aliphatic heterocycles. The third-order valence-corrected chi connectivity index (χ3v) is 2.79. The fourth-order valence-electron chi connectivity index (χ4n) is 1.91. The van der Waals surface area contributed by atoms with Crippen LogP contribution < -0.4 is 10.6 Å². The van der Waals surface area contributed by atoms with Gasteiger partial charge in [0.1, 0.15) is 12.4 Å². The molecule has 17 heavy (non-hydrogen) atoms. The summed E-state index contributed by atoms with van der Waals surface area (Å²) in [6, 6.07) is 6.80. The number of anilines is 1. The molecule has 1 aromatic carbocycles. The van der Waals surface area contributed by atoms with E-state index < -0.39 is 0 Å². The lowest BCUT2D eigenvalue weighted by Gasteiger charge is -2.32. The van der Waals surface area contributed by atoms with E-state index in [0.717, 1.165) is 0 Å². The summed E-state index contributed by atoms with van der Waals surface area (Å²) in [5.74, 6) is -0.0333. The number of phenolic OH excluding ortho intramolecular Hbond substituents is 1. The number of rotatable bonds is 3. The number of morpholine rings is 1. The van der Waals surface area contributed by atoms with Gasteiger partial charge >= 0.3 is 0 Å². The Kier molecular flexibility index (Phi) is 3.61. The number of hydrogen-bond acceptors (Lipinski definition) is 4. The predicted octanol–water partition coefficient (Wildman–Crippen LogP) is 0.473. The maximum Gasteiger partial charge on any atom is 0.253 e. The number of carbonyl (C=O) groups is 1. The van der Waals surface area contributed by atoms with Gasteiger partial charge in [-0.05, 0) is 25.1 Å². The van der Waals surface area contributed by atoms with E-state index in [9.17, 15) is 9.90 Å². The van der Waals surface area contributed by atoms with Crippen LogP contribution in [0, 0.1) is 0 Å². The van der Waals surface area contributed by atoms with Crippen molar-refractivity contribution in [3.8, 4) is 5.75 Å². The minimum atomic E-state index is -0.139. The maximum absolute atomic E-state index is 11.8. The monoisotopic (exact) mass is 236 g/mol. The molecule has 1 aliphatic rings. The number of nitrogens with zero attached hydrogens (tertiary/aromatic N) is 1. The van der Waals surface area contributed by atoms with Crippen LogP contribution in [0.25, 0.3) is 0 Å². The largest absolute Gasteiger partial charge is 0.506 e. The average molecular weight is 236 g/mol. The van der Waals surface area contributed by atoms with Crippen LogP contribution in [-0.4, -0.2) is 36.8 Å². The van der Waals surface area contributed by atoms with Crippen LogP contribution in [0.1, 0.15) is 6.42 Å². The molecule has 0 aliphatic carbocycles. The Hall–Kier alpha value is -1.59. The Bertz CT molecular complexity index is 408. The number of amides is 1. The van der Waals surface area contributed by atoms with Crippen molar-refractivity contribution in [3.63, 3.8) is 0 Å². The topological polar surface area (TPSA) is 75.8 Å². The van der Waals surface area contributed by atoms with Gasteiger partial charge in [-0.3, -0.25) is 4.79 Å². The Labute approximate surface area is 99.8 Å². The number of ether oxygens (including phenoxy) is 1. The van der Waals surface area contributed by atoms with E-state index in [4.69, 9.17) is 10.5 Å². The first-order chi connectivity index (χ1) is 8.22. The summed E-state index contributed by atoms with van der Waals surface area (Å²) < 4.78 is 5.37.